The van der Waals surface area contributed by atoms with Crippen molar-refractivity contribution >= 4 is 22.7 Å². The molecule has 206 valence electrons. The summed E-state index contributed by atoms with van der Waals surface area (Å²) in [6.07, 6.45) is 13.6. The number of rotatable bonds is 16. The maximum Gasteiger partial charge on any atom is 0.339 e. The molecule has 0 radical (unpaired) electrons. The van der Waals surface area contributed by atoms with Crippen molar-refractivity contribution in [2.45, 2.75) is 90.9 Å². The molecule has 0 aromatic heterocycles. The van der Waals surface area contributed by atoms with Gasteiger partial charge in [-0.05, 0) is 35.7 Å². The fraction of sp³-hybridized carbons (Fsp3) is 0.471. The van der Waals surface area contributed by atoms with Crippen LogP contribution in [0.15, 0.2) is 72.8 Å². The second kappa shape index (κ2) is 19.9. The van der Waals surface area contributed by atoms with Crippen molar-refractivity contribution in [3.05, 3.63) is 83.9 Å². The van der Waals surface area contributed by atoms with E-state index in [4.69, 9.17) is 9.47 Å². The highest BCUT2D eigenvalue weighted by molar-refractivity contribution is 6.03. The lowest BCUT2D eigenvalue weighted by molar-refractivity contribution is 0.0450. The third kappa shape index (κ3) is 12.4. The summed E-state index contributed by atoms with van der Waals surface area (Å²) in [4.78, 5) is 24.7. The van der Waals surface area contributed by atoms with Crippen LogP contribution in [-0.2, 0) is 9.47 Å². The molecule has 0 aliphatic rings. The van der Waals surface area contributed by atoms with E-state index in [1.807, 2.05) is 0 Å². The smallest absolute Gasteiger partial charge is 0.339 e. The molecule has 0 aliphatic heterocycles. The first kappa shape index (κ1) is 31.1. The van der Waals surface area contributed by atoms with Gasteiger partial charge in [0.1, 0.15) is 0 Å². The van der Waals surface area contributed by atoms with Crippen molar-refractivity contribution in [1.82, 2.24) is 0 Å². The van der Waals surface area contributed by atoms with Crippen LogP contribution in [0.25, 0.3) is 10.8 Å². The van der Waals surface area contributed by atoms with Crippen molar-refractivity contribution in [1.29, 1.82) is 0 Å². The Bertz CT molecular complexity index is 945. The van der Waals surface area contributed by atoms with Crippen molar-refractivity contribution in [3.63, 3.8) is 0 Å². The van der Waals surface area contributed by atoms with E-state index in [0.717, 1.165) is 25.7 Å². The van der Waals surface area contributed by atoms with E-state index in [-0.39, 0.29) is 0 Å². The second-order valence-corrected chi connectivity index (χ2v) is 9.70. The van der Waals surface area contributed by atoms with Crippen molar-refractivity contribution < 1.29 is 19.1 Å². The molecule has 4 heteroatoms. The average Bonchev–Trinajstić information content (AvgIpc) is 2.96. The number of carbonyl (C=O) groups excluding carboxylic acids is 2. The Hall–Kier alpha value is -3.14. The minimum absolute atomic E-state index is 0.293. The minimum Gasteiger partial charge on any atom is -0.462 e. The number of carbonyl (C=O) groups is 2. The van der Waals surface area contributed by atoms with Crippen LogP contribution in [0.3, 0.4) is 0 Å². The van der Waals surface area contributed by atoms with Crippen LogP contribution in [-0.4, -0.2) is 25.2 Å². The van der Waals surface area contributed by atoms with Crippen LogP contribution in [0, 0.1) is 0 Å². The largest absolute Gasteiger partial charge is 0.462 e. The summed E-state index contributed by atoms with van der Waals surface area (Å²) in [6, 6.07) is 23.5. The van der Waals surface area contributed by atoms with E-state index in [9.17, 15) is 9.59 Å². The van der Waals surface area contributed by atoms with Crippen molar-refractivity contribution in [2.24, 2.45) is 0 Å². The monoisotopic (exact) mass is 518 g/mol. The van der Waals surface area contributed by atoms with Gasteiger partial charge in [0.15, 0.2) is 0 Å². The molecule has 0 aliphatic carbocycles. The van der Waals surface area contributed by atoms with Gasteiger partial charge in [-0.3, -0.25) is 0 Å². The van der Waals surface area contributed by atoms with E-state index in [0.29, 0.717) is 24.3 Å². The number of esters is 2. The summed E-state index contributed by atoms with van der Waals surface area (Å²) < 4.78 is 10.7. The molecule has 38 heavy (non-hydrogen) atoms. The molecule has 0 saturated heterocycles. The highest BCUT2D eigenvalue weighted by atomic mass is 16.5. The van der Waals surface area contributed by atoms with Crippen LogP contribution in [0.1, 0.15) is 112 Å². The molecule has 3 aromatic carbocycles. The molecule has 3 rings (SSSR count). The molecule has 0 N–H and O–H groups in total. The van der Waals surface area contributed by atoms with Crippen LogP contribution in [0.2, 0.25) is 0 Å². The van der Waals surface area contributed by atoms with E-state index in [1.165, 1.54) is 62.1 Å². The summed E-state index contributed by atoms with van der Waals surface area (Å²) in [5, 5.41) is 2.62. The molecular weight excluding hydrogens is 472 g/mol. The molecule has 0 spiro atoms. The Balaban J connectivity index is 0.000000415. The van der Waals surface area contributed by atoms with E-state index in [1.54, 1.807) is 24.3 Å². The number of hydrogen-bond acceptors (Lipinski definition) is 4. The molecule has 4 nitrogen and oxygen atoms in total. The topological polar surface area (TPSA) is 52.6 Å². The summed E-state index contributed by atoms with van der Waals surface area (Å²) in [7, 11) is 0. The zero-order valence-corrected chi connectivity index (χ0v) is 23.5. The van der Waals surface area contributed by atoms with Crippen molar-refractivity contribution in [2.75, 3.05) is 13.2 Å². The SMILES string of the molecule is CCCCCCCCOC(=O)c1ccccc1C(=O)OCCCCCCCC.c1ccc2ccccc2c1. The standard InChI is InChI=1S/C24H38O4.C10H8/c1-3-5-7-9-11-15-19-27-23(25)21-17-13-14-18-22(21)24(26)28-20-16-12-10-8-6-4-2;1-2-6-10-8-4-3-7-9(10)5-1/h13-14,17-18H,3-12,15-16,19-20H2,1-2H3;1-8H. The lowest BCUT2D eigenvalue weighted by atomic mass is 10.1. The van der Waals surface area contributed by atoms with Crippen LogP contribution in [0.5, 0.6) is 0 Å². The zero-order valence-electron chi connectivity index (χ0n) is 23.5. The lowest BCUT2D eigenvalue weighted by Crippen LogP contribution is -2.15. The van der Waals surface area contributed by atoms with Gasteiger partial charge in [0.05, 0.1) is 24.3 Å². The average molecular weight is 519 g/mol. The Kier molecular flexibility index (Phi) is 16.3. The van der Waals surface area contributed by atoms with Gasteiger partial charge in [-0.15, -0.1) is 0 Å². The van der Waals surface area contributed by atoms with E-state index < -0.39 is 11.9 Å². The zero-order chi connectivity index (χ0) is 27.3. The van der Waals surface area contributed by atoms with Gasteiger partial charge in [0, 0.05) is 0 Å². The number of hydrogen-bond donors (Lipinski definition) is 0. The molecule has 0 bridgehead atoms. The normalized spacial score (nSPS) is 10.5. The van der Waals surface area contributed by atoms with Gasteiger partial charge in [-0.25, -0.2) is 9.59 Å². The van der Waals surface area contributed by atoms with Crippen LogP contribution in [0.4, 0.5) is 0 Å². The molecule has 0 unspecified atom stereocenters. The van der Waals surface area contributed by atoms with E-state index in [2.05, 4.69) is 62.4 Å². The number of benzene rings is 3. The number of ether oxygens (including phenoxy) is 2. The fourth-order valence-electron chi connectivity index (χ4n) is 4.22. The highest BCUT2D eigenvalue weighted by Crippen LogP contribution is 2.14. The van der Waals surface area contributed by atoms with Gasteiger partial charge in [-0.1, -0.05) is 139 Å². The van der Waals surface area contributed by atoms with Crippen molar-refractivity contribution in [3.8, 4) is 0 Å². The summed E-state index contributed by atoms with van der Waals surface area (Å²) in [6.45, 7) is 5.17. The lowest BCUT2D eigenvalue weighted by Gasteiger charge is -2.10. The number of unbranched alkanes of at least 4 members (excludes halogenated alkanes) is 10. The maximum absolute atomic E-state index is 12.4. The van der Waals surface area contributed by atoms with Gasteiger partial charge in [0.25, 0.3) is 0 Å². The van der Waals surface area contributed by atoms with Gasteiger partial charge in [0.2, 0.25) is 0 Å². The third-order valence-corrected chi connectivity index (χ3v) is 6.49. The Morgan fingerprint density at radius 1 is 0.474 bits per heavy atom. The number of fused-ring (bicyclic) bond motifs is 1. The third-order valence-electron chi connectivity index (χ3n) is 6.49. The molecule has 0 atom stereocenters. The Morgan fingerprint density at radius 2 is 0.789 bits per heavy atom. The molecule has 0 amide bonds. The minimum atomic E-state index is -0.444. The predicted octanol–water partition coefficient (Wildman–Crippen LogP) is 9.56. The maximum atomic E-state index is 12.4. The first-order chi connectivity index (χ1) is 18.7. The summed E-state index contributed by atoms with van der Waals surface area (Å²) >= 11 is 0. The summed E-state index contributed by atoms with van der Waals surface area (Å²) in [5.74, 6) is -0.888. The molecule has 0 fully saturated rings. The quantitative estimate of drug-likeness (QED) is 0.140. The molecule has 3 aromatic rings. The molecule has 0 saturated carbocycles. The first-order valence-corrected chi connectivity index (χ1v) is 14.5. The van der Waals surface area contributed by atoms with E-state index >= 15 is 0 Å². The Labute approximate surface area is 229 Å². The van der Waals surface area contributed by atoms with Gasteiger partial charge < -0.3 is 9.47 Å². The van der Waals surface area contributed by atoms with Gasteiger partial charge >= 0.3 is 11.9 Å². The van der Waals surface area contributed by atoms with Gasteiger partial charge in [-0.2, -0.15) is 0 Å². The molecular formula is C34H46O4. The molecule has 0 heterocycles. The van der Waals surface area contributed by atoms with Crippen LogP contribution >= 0.6 is 0 Å². The first-order valence-electron chi connectivity index (χ1n) is 14.5. The highest BCUT2D eigenvalue weighted by Gasteiger charge is 2.18. The fourth-order valence-corrected chi connectivity index (χ4v) is 4.22. The second-order valence-electron chi connectivity index (χ2n) is 9.70. The summed E-state index contributed by atoms with van der Waals surface area (Å²) in [5.41, 5.74) is 0.586. The Morgan fingerprint density at radius 3 is 1.16 bits per heavy atom. The van der Waals surface area contributed by atoms with Crippen LogP contribution < -0.4 is 0 Å². The predicted molar refractivity (Wildman–Crippen MR) is 158 cm³/mol.